The number of nitrogens with zero attached hydrogens (tertiary/aromatic N) is 1. The third-order valence-corrected chi connectivity index (χ3v) is 3.24. The number of phenolic OH excluding ortho intramolecular Hbond substituents is 2. The molecular weight excluding hydrogens is 226 g/mol. The van der Waals surface area contributed by atoms with E-state index in [4.69, 9.17) is 0 Å². The first-order chi connectivity index (χ1) is 8.40. The van der Waals surface area contributed by atoms with Gasteiger partial charge in [0.1, 0.15) is 0 Å². The minimum absolute atomic E-state index is 0.0706. The molecule has 2 rings (SSSR count). The Labute approximate surface area is 107 Å². The van der Waals surface area contributed by atoms with E-state index in [1.807, 2.05) is 0 Å². The van der Waals surface area contributed by atoms with Crippen LogP contribution < -0.4 is 4.57 Å². The topological polar surface area (TPSA) is 44.3 Å². The Balaban J connectivity index is 2.81. The molecule has 0 aliphatic carbocycles. The second kappa shape index (κ2) is 4.48. The van der Waals surface area contributed by atoms with E-state index >= 15 is 0 Å². The van der Waals surface area contributed by atoms with Gasteiger partial charge < -0.3 is 10.2 Å². The fourth-order valence-electron chi connectivity index (χ4n) is 2.11. The summed E-state index contributed by atoms with van der Waals surface area (Å²) in [5.74, 6) is 0.281. The minimum atomic E-state index is -0.0748. The highest BCUT2D eigenvalue weighted by Crippen LogP contribution is 2.30. The van der Waals surface area contributed by atoms with Crippen molar-refractivity contribution in [3.8, 4) is 11.5 Å². The molecule has 1 heterocycles. The van der Waals surface area contributed by atoms with E-state index in [0.29, 0.717) is 12.0 Å². The fourth-order valence-corrected chi connectivity index (χ4v) is 2.11. The van der Waals surface area contributed by atoms with Crippen molar-refractivity contribution >= 4 is 10.9 Å². The summed E-state index contributed by atoms with van der Waals surface area (Å²) in [5.41, 5.74) is 2.16. The molecule has 0 radical (unpaired) electrons. The summed E-state index contributed by atoms with van der Waals surface area (Å²) in [6.07, 6.45) is 2.12. The Morgan fingerprint density at radius 3 is 2.11 bits per heavy atom. The first-order valence-corrected chi connectivity index (χ1v) is 6.31. The number of fused-ring (bicyclic) bond motifs is 1. The van der Waals surface area contributed by atoms with Gasteiger partial charge in [-0.05, 0) is 31.9 Å². The van der Waals surface area contributed by atoms with Crippen LogP contribution in [0.2, 0.25) is 0 Å². The average Bonchev–Trinajstić information content (AvgIpc) is 2.29. The van der Waals surface area contributed by atoms with Gasteiger partial charge in [-0.1, -0.05) is 13.8 Å². The second-order valence-electron chi connectivity index (χ2n) is 5.33. The molecule has 2 aromatic rings. The molecule has 0 aliphatic heterocycles. The lowest BCUT2D eigenvalue weighted by Crippen LogP contribution is -2.37. The Morgan fingerprint density at radius 2 is 1.56 bits per heavy atom. The molecule has 96 valence electrons. The van der Waals surface area contributed by atoms with Crippen molar-refractivity contribution in [2.24, 2.45) is 0 Å². The average molecular weight is 246 g/mol. The molecule has 0 saturated heterocycles. The molecular formula is C15H20NO2+. The van der Waals surface area contributed by atoms with Gasteiger partial charge in [0.25, 0.3) is 0 Å². The van der Waals surface area contributed by atoms with Crippen molar-refractivity contribution in [3.05, 3.63) is 30.0 Å². The van der Waals surface area contributed by atoms with Gasteiger partial charge in [-0.25, -0.2) is 0 Å². The summed E-state index contributed by atoms with van der Waals surface area (Å²) >= 11 is 0. The van der Waals surface area contributed by atoms with Crippen molar-refractivity contribution in [2.45, 2.75) is 39.7 Å². The SMILES string of the molecule is CC(C)c1cc2cc(O)c(O)cc2[n+](C(C)C)c1. The molecule has 0 spiro atoms. The molecule has 0 bridgehead atoms. The molecule has 3 heteroatoms. The van der Waals surface area contributed by atoms with Crippen LogP contribution in [-0.2, 0) is 0 Å². The third-order valence-electron chi connectivity index (χ3n) is 3.24. The van der Waals surface area contributed by atoms with Crippen LogP contribution in [0.4, 0.5) is 0 Å². The summed E-state index contributed by atoms with van der Waals surface area (Å²) in [6, 6.07) is 5.61. The minimum Gasteiger partial charge on any atom is -0.504 e. The predicted molar refractivity (Wildman–Crippen MR) is 71.9 cm³/mol. The number of aromatic nitrogens is 1. The molecule has 0 unspecified atom stereocenters. The monoisotopic (exact) mass is 246 g/mol. The van der Waals surface area contributed by atoms with Gasteiger partial charge in [0.2, 0.25) is 5.52 Å². The molecule has 1 aromatic carbocycles. The van der Waals surface area contributed by atoms with E-state index in [1.165, 1.54) is 5.56 Å². The number of hydrogen-bond donors (Lipinski definition) is 2. The van der Waals surface area contributed by atoms with Crippen molar-refractivity contribution in [1.29, 1.82) is 0 Å². The second-order valence-corrected chi connectivity index (χ2v) is 5.33. The van der Waals surface area contributed by atoms with Crippen LogP contribution in [0.1, 0.15) is 45.2 Å². The molecule has 0 fully saturated rings. The van der Waals surface area contributed by atoms with E-state index in [9.17, 15) is 10.2 Å². The molecule has 18 heavy (non-hydrogen) atoms. The first-order valence-electron chi connectivity index (χ1n) is 6.31. The first kappa shape index (κ1) is 12.7. The van der Waals surface area contributed by atoms with Gasteiger partial charge in [-0.2, -0.15) is 4.57 Å². The zero-order chi connectivity index (χ0) is 13.4. The van der Waals surface area contributed by atoms with E-state index in [0.717, 1.165) is 10.9 Å². The molecule has 1 aromatic heterocycles. The maximum Gasteiger partial charge on any atom is 0.216 e. The van der Waals surface area contributed by atoms with Crippen molar-refractivity contribution in [3.63, 3.8) is 0 Å². The van der Waals surface area contributed by atoms with E-state index in [1.54, 1.807) is 12.1 Å². The summed E-state index contributed by atoms with van der Waals surface area (Å²) in [6.45, 7) is 8.50. The smallest absolute Gasteiger partial charge is 0.216 e. The lowest BCUT2D eigenvalue weighted by Gasteiger charge is -2.10. The zero-order valence-electron chi connectivity index (χ0n) is 11.3. The van der Waals surface area contributed by atoms with Crippen LogP contribution in [0.15, 0.2) is 24.4 Å². The fraction of sp³-hybridized carbons (Fsp3) is 0.400. The highest BCUT2D eigenvalue weighted by atomic mass is 16.3. The number of phenols is 2. The Morgan fingerprint density at radius 1 is 0.944 bits per heavy atom. The van der Waals surface area contributed by atoms with Crippen LogP contribution in [0.3, 0.4) is 0 Å². The van der Waals surface area contributed by atoms with E-state index in [2.05, 4.69) is 44.5 Å². The van der Waals surface area contributed by atoms with E-state index < -0.39 is 0 Å². The molecule has 2 N–H and O–H groups in total. The Hall–Kier alpha value is -1.77. The molecule has 0 atom stereocenters. The quantitative estimate of drug-likeness (QED) is 0.631. The highest BCUT2D eigenvalue weighted by molar-refractivity contribution is 5.80. The number of hydrogen-bond acceptors (Lipinski definition) is 2. The summed E-state index contributed by atoms with van der Waals surface area (Å²) < 4.78 is 2.13. The van der Waals surface area contributed by atoms with Gasteiger partial charge in [-0.15, -0.1) is 0 Å². The maximum atomic E-state index is 9.64. The molecule has 3 nitrogen and oxygen atoms in total. The van der Waals surface area contributed by atoms with Gasteiger partial charge in [0.15, 0.2) is 23.7 Å². The lowest BCUT2D eigenvalue weighted by molar-refractivity contribution is -0.691. The number of benzene rings is 1. The number of rotatable bonds is 2. The molecule has 0 amide bonds. The van der Waals surface area contributed by atoms with Crippen molar-refractivity contribution in [1.82, 2.24) is 0 Å². The summed E-state index contributed by atoms with van der Waals surface area (Å²) in [5, 5.41) is 20.2. The van der Waals surface area contributed by atoms with Crippen LogP contribution in [-0.4, -0.2) is 10.2 Å². The number of aromatic hydroxyl groups is 2. The van der Waals surface area contributed by atoms with Crippen LogP contribution >= 0.6 is 0 Å². The van der Waals surface area contributed by atoms with Gasteiger partial charge in [0, 0.05) is 5.56 Å². The largest absolute Gasteiger partial charge is 0.504 e. The molecule has 0 saturated carbocycles. The van der Waals surface area contributed by atoms with Gasteiger partial charge >= 0.3 is 0 Å². The standard InChI is InChI=1S/C15H19NO2/c1-9(2)12-5-11-6-14(17)15(18)7-13(11)16(8-12)10(3)4/h5-10,17H,1-4H3/p+1. The zero-order valence-corrected chi connectivity index (χ0v) is 11.3. The van der Waals surface area contributed by atoms with Crippen LogP contribution in [0.25, 0.3) is 10.9 Å². The van der Waals surface area contributed by atoms with Crippen LogP contribution in [0.5, 0.6) is 11.5 Å². The molecule has 0 aliphatic rings. The lowest BCUT2D eigenvalue weighted by atomic mass is 10.0. The summed E-state index contributed by atoms with van der Waals surface area (Å²) in [4.78, 5) is 0. The number of pyridine rings is 1. The Kier molecular flexibility index (Phi) is 3.16. The Bertz CT molecular complexity index is 589. The maximum absolute atomic E-state index is 9.64. The van der Waals surface area contributed by atoms with Crippen molar-refractivity contribution in [2.75, 3.05) is 0 Å². The third kappa shape index (κ3) is 2.13. The normalized spacial score (nSPS) is 11.7. The van der Waals surface area contributed by atoms with Gasteiger partial charge in [0.05, 0.1) is 11.5 Å². The predicted octanol–water partition coefficient (Wildman–Crippen LogP) is 3.24. The van der Waals surface area contributed by atoms with Crippen LogP contribution in [0, 0.1) is 0 Å². The van der Waals surface area contributed by atoms with Crippen molar-refractivity contribution < 1.29 is 14.8 Å². The van der Waals surface area contributed by atoms with E-state index in [-0.39, 0.29) is 11.5 Å². The highest BCUT2D eigenvalue weighted by Gasteiger charge is 2.18. The van der Waals surface area contributed by atoms with Gasteiger partial charge in [-0.3, -0.25) is 0 Å². The summed E-state index contributed by atoms with van der Waals surface area (Å²) in [7, 11) is 0.